The maximum absolute atomic E-state index is 12.6. The van der Waals surface area contributed by atoms with Gasteiger partial charge in [-0.15, -0.1) is 0 Å². The summed E-state index contributed by atoms with van der Waals surface area (Å²) in [5.74, 6) is 3.07. The van der Waals surface area contributed by atoms with Crippen molar-refractivity contribution in [3.8, 4) is 5.75 Å². The molecular formula is C26H28O2. The zero-order valence-electron chi connectivity index (χ0n) is 16.6. The van der Waals surface area contributed by atoms with Crippen molar-refractivity contribution in [3.05, 3.63) is 77.4 Å². The monoisotopic (exact) mass is 372 g/mol. The van der Waals surface area contributed by atoms with Gasteiger partial charge in [-0.3, -0.25) is 4.79 Å². The molecule has 4 atom stereocenters. The van der Waals surface area contributed by atoms with E-state index in [0.717, 1.165) is 31.4 Å². The van der Waals surface area contributed by atoms with Crippen molar-refractivity contribution in [1.29, 1.82) is 0 Å². The van der Waals surface area contributed by atoms with Crippen molar-refractivity contribution in [3.63, 3.8) is 0 Å². The summed E-state index contributed by atoms with van der Waals surface area (Å²) in [5, 5.41) is 0. The zero-order valence-corrected chi connectivity index (χ0v) is 16.6. The minimum absolute atomic E-state index is 0.133. The van der Waals surface area contributed by atoms with Gasteiger partial charge in [0.1, 0.15) is 12.4 Å². The number of allylic oxidation sites excluding steroid dienone is 2. The average molecular weight is 373 g/mol. The maximum atomic E-state index is 12.6. The standard InChI is InChI=1S/C26H28O2/c1-26-15-14-22-21-13-11-20(28-17-18-6-3-2-4-7-18)16-19(21)10-12-23(22)24(26)8-5-9-25(26)27/h2-7,9,11,13,16,22-24H,8,10,12,14-15,17H2,1H3/t22-,23-,24+,26+/m1/s1. The fraction of sp³-hybridized carbons (Fsp3) is 0.423. The molecule has 0 heterocycles. The van der Waals surface area contributed by atoms with Crippen molar-refractivity contribution in [1.82, 2.24) is 0 Å². The largest absolute Gasteiger partial charge is 0.489 e. The van der Waals surface area contributed by atoms with Gasteiger partial charge < -0.3 is 4.74 Å². The molecule has 0 radical (unpaired) electrons. The Bertz CT molecular complexity index is 913. The van der Waals surface area contributed by atoms with Crippen LogP contribution in [0.5, 0.6) is 5.75 Å². The van der Waals surface area contributed by atoms with E-state index in [-0.39, 0.29) is 5.41 Å². The first-order valence-electron chi connectivity index (χ1n) is 10.7. The molecule has 0 bridgehead atoms. The molecule has 0 N–H and O–H groups in total. The summed E-state index contributed by atoms with van der Waals surface area (Å²) in [5.41, 5.74) is 4.02. The maximum Gasteiger partial charge on any atom is 0.161 e. The minimum Gasteiger partial charge on any atom is -0.489 e. The van der Waals surface area contributed by atoms with Crippen LogP contribution in [0.1, 0.15) is 55.2 Å². The highest BCUT2D eigenvalue weighted by atomic mass is 16.5. The Hall–Kier alpha value is -2.35. The molecule has 2 heteroatoms. The van der Waals surface area contributed by atoms with Crippen LogP contribution in [0.4, 0.5) is 0 Å². The number of fused-ring (bicyclic) bond motifs is 5. The number of ether oxygens (including phenoxy) is 1. The lowest BCUT2D eigenvalue weighted by atomic mass is 9.51. The first kappa shape index (κ1) is 17.7. The number of carbonyl (C=O) groups is 1. The van der Waals surface area contributed by atoms with E-state index in [1.165, 1.54) is 23.1 Å². The molecule has 2 aromatic rings. The fourth-order valence-corrected chi connectivity index (χ4v) is 5.96. The molecule has 144 valence electrons. The Morgan fingerprint density at radius 1 is 1.11 bits per heavy atom. The average Bonchev–Trinajstić information content (AvgIpc) is 2.73. The molecule has 0 spiro atoms. The summed E-state index contributed by atoms with van der Waals surface area (Å²) < 4.78 is 6.06. The number of rotatable bonds is 3. The third-order valence-electron chi connectivity index (χ3n) is 7.56. The van der Waals surface area contributed by atoms with Gasteiger partial charge in [0, 0.05) is 5.41 Å². The molecule has 0 aromatic heterocycles. The molecule has 3 aliphatic rings. The molecule has 0 unspecified atom stereocenters. The summed E-state index contributed by atoms with van der Waals surface area (Å²) >= 11 is 0. The summed E-state index contributed by atoms with van der Waals surface area (Å²) in [6.45, 7) is 2.83. The van der Waals surface area contributed by atoms with Gasteiger partial charge in [-0.1, -0.05) is 49.4 Å². The Kier molecular flexibility index (Phi) is 4.38. The minimum atomic E-state index is -0.133. The molecule has 2 aromatic carbocycles. The van der Waals surface area contributed by atoms with Crippen LogP contribution in [-0.4, -0.2) is 5.78 Å². The highest BCUT2D eigenvalue weighted by Crippen LogP contribution is 2.57. The van der Waals surface area contributed by atoms with E-state index >= 15 is 0 Å². The smallest absolute Gasteiger partial charge is 0.161 e. The molecular weight excluding hydrogens is 344 g/mol. The lowest BCUT2D eigenvalue weighted by Crippen LogP contribution is -2.47. The predicted molar refractivity (Wildman–Crippen MR) is 111 cm³/mol. The van der Waals surface area contributed by atoms with E-state index < -0.39 is 0 Å². The van der Waals surface area contributed by atoms with E-state index in [1.54, 1.807) is 0 Å². The molecule has 0 aliphatic heterocycles. The van der Waals surface area contributed by atoms with E-state index in [1.807, 2.05) is 24.3 Å². The topological polar surface area (TPSA) is 26.3 Å². The van der Waals surface area contributed by atoms with Crippen molar-refractivity contribution in [2.75, 3.05) is 0 Å². The summed E-state index contributed by atoms with van der Waals surface area (Å²) in [6.07, 6.45) is 9.47. The van der Waals surface area contributed by atoms with Crippen molar-refractivity contribution in [2.45, 2.75) is 51.6 Å². The first-order valence-corrected chi connectivity index (χ1v) is 10.7. The second kappa shape index (κ2) is 6.92. The number of hydrogen-bond acceptors (Lipinski definition) is 2. The van der Waals surface area contributed by atoms with Crippen LogP contribution in [0.25, 0.3) is 0 Å². The lowest BCUT2D eigenvalue weighted by molar-refractivity contribution is -0.131. The Morgan fingerprint density at radius 2 is 1.96 bits per heavy atom. The summed E-state index contributed by atoms with van der Waals surface area (Å²) in [7, 11) is 0. The van der Waals surface area contributed by atoms with Gasteiger partial charge in [0.15, 0.2) is 5.78 Å². The molecule has 1 fully saturated rings. The molecule has 5 rings (SSSR count). The van der Waals surface area contributed by atoms with E-state index in [9.17, 15) is 4.79 Å². The van der Waals surface area contributed by atoms with Crippen LogP contribution in [0.3, 0.4) is 0 Å². The highest BCUT2D eigenvalue weighted by Gasteiger charge is 2.51. The summed E-state index contributed by atoms with van der Waals surface area (Å²) in [6, 6.07) is 17.0. The number of hydrogen-bond donors (Lipinski definition) is 0. The van der Waals surface area contributed by atoms with Gasteiger partial charge in [-0.2, -0.15) is 0 Å². The van der Waals surface area contributed by atoms with Gasteiger partial charge in [-0.25, -0.2) is 0 Å². The van der Waals surface area contributed by atoms with E-state index in [2.05, 4.69) is 43.3 Å². The molecule has 0 saturated heterocycles. The van der Waals surface area contributed by atoms with Crippen molar-refractivity contribution < 1.29 is 9.53 Å². The molecule has 2 nitrogen and oxygen atoms in total. The number of aryl methyl sites for hydroxylation is 1. The number of benzene rings is 2. The Morgan fingerprint density at radius 3 is 2.82 bits per heavy atom. The lowest BCUT2D eigenvalue weighted by Gasteiger charge is -2.52. The number of ketones is 1. The Balaban J connectivity index is 1.36. The molecule has 1 saturated carbocycles. The zero-order chi connectivity index (χ0) is 19.1. The molecule has 0 amide bonds. The van der Waals surface area contributed by atoms with E-state index in [4.69, 9.17) is 4.74 Å². The van der Waals surface area contributed by atoms with Gasteiger partial charge in [-0.05, 0) is 84.8 Å². The quantitative estimate of drug-likeness (QED) is 0.675. The fourth-order valence-electron chi connectivity index (χ4n) is 5.96. The van der Waals surface area contributed by atoms with Crippen LogP contribution < -0.4 is 4.74 Å². The third-order valence-corrected chi connectivity index (χ3v) is 7.56. The van der Waals surface area contributed by atoms with Gasteiger partial charge in [0.25, 0.3) is 0 Å². The van der Waals surface area contributed by atoms with Crippen molar-refractivity contribution >= 4 is 5.78 Å². The van der Waals surface area contributed by atoms with Crippen LogP contribution in [0.15, 0.2) is 60.7 Å². The van der Waals surface area contributed by atoms with Gasteiger partial charge in [0.2, 0.25) is 0 Å². The van der Waals surface area contributed by atoms with Gasteiger partial charge in [0.05, 0.1) is 0 Å². The van der Waals surface area contributed by atoms with E-state index in [0.29, 0.717) is 30.1 Å². The second-order valence-electron chi connectivity index (χ2n) is 9.01. The van der Waals surface area contributed by atoms with Crippen molar-refractivity contribution in [2.24, 2.45) is 17.3 Å². The van der Waals surface area contributed by atoms with Crippen LogP contribution in [0, 0.1) is 17.3 Å². The Labute approximate surface area is 167 Å². The number of carbonyl (C=O) groups excluding carboxylic acids is 1. The normalized spacial score (nSPS) is 30.9. The second-order valence-corrected chi connectivity index (χ2v) is 9.01. The van der Waals surface area contributed by atoms with Gasteiger partial charge >= 0.3 is 0 Å². The van der Waals surface area contributed by atoms with Crippen LogP contribution in [-0.2, 0) is 17.8 Å². The molecule has 3 aliphatic carbocycles. The molecule has 28 heavy (non-hydrogen) atoms. The summed E-state index contributed by atoms with van der Waals surface area (Å²) in [4.78, 5) is 12.6. The predicted octanol–water partition coefficient (Wildman–Crippen LogP) is 5.86. The van der Waals surface area contributed by atoms with Crippen LogP contribution >= 0.6 is 0 Å². The first-order chi connectivity index (χ1) is 13.6. The highest BCUT2D eigenvalue weighted by molar-refractivity contribution is 5.95. The third kappa shape index (κ3) is 2.90. The van der Waals surface area contributed by atoms with Crippen LogP contribution in [0.2, 0.25) is 0 Å². The SMILES string of the molecule is C[C@]12CC[C@@H]3c4ccc(OCc5ccccc5)cc4CC[C@H]3[C@@H]1CC=CC2=O.